The molecule has 1 N–H and O–H groups in total. The maximum atomic E-state index is 13.6. The number of ketones is 1. The van der Waals surface area contributed by atoms with Crippen LogP contribution >= 0.6 is 22.9 Å². The van der Waals surface area contributed by atoms with Crippen LogP contribution in [0.15, 0.2) is 66.2 Å². The van der Waals surface area contributed by atoms with Gasteiger partial charge in [0.2, 0.25) is 0 Å². The van der Waals surface area contributed by atoms with E-state index >= 15 is 0 Å². The summed E-state index contributed by atoms with van der Waals surface area (Å²) in [6.07, 6.45) is 0.876. The second-order valence-electron chi connectivity index (χ2n) is 10.2. The third kappa shape index (κ3) is 5.23. The van der Waals surface area contributed by atoms with Gasteiger partial charge in [0.05, 0.1) is 28.4 Å². The maximum absolute atomic E-state index is 13.6. The van der Waals surface area contributed by atoms with Crippen LogP contribution in [0.4, 0.5) is 5.13 Å². The van der Waals surface area contributed by atoms with Gasteiger partial charge in [-0.05, 0) is 66.4 Å². The first kappa shape index (κ1) is 27.1. The van der Waals surface area contributed by atoms with Crippen molar-refractivity contribution in [2.45, 2.75) is 26.3 Å². The van der Waals surface area contributed by atoms with Crippen LogP contribution in [-0.2, 0) is 9.59 Å². The number of aliphatic hydroxyl groups excluding tert-OH is 1. The first-order valence-corrected chi connectivity index (χ1v) is 14.5. The van der Waals surface area contributed by atoms with Crippen LogP contribution in [0.1, 0.15) is 37.4 Å². The van der Waals surface area contributed by atoms with Crippen LogP contribution < -0.4 is 19.1 Å². The van der Waals surface area contributed by atoms with Crippen molar-refractivity contribution in [2.24, 2.45) is 5.92 Å². The van der Waals surface area contributed by atoms with E-state index in [9.17, 15) is 14.7 Å². The molecule has 2 aliphatic rings. The third-order valence-corrected chi connectivity index (χ3v) is 8.20. The Hall–Kier alpha value is -4.08. The molecule has 1 amide bonds. The van der Waals surface area contributed by atoms with Crippen molar-refractivity contribution in [2.75, 3.05) is 24.7 Å². The minimum absolute atomic E-state index is 0.0525. The molecule has 0 radical (unpaired) electrons. The molecule has 2 aliphatic heterocycles. The van der Waals surface area contributed by atoms with Crippen molar-refractivity contribution in [3.8, 4) is 17.2 Å². The fourth-order valence-electron chi connectivity index (χ4n) is 4.87. The number of aromatic nitrogens is 1. The van der Waals surface area contributed by atoms with Crippen molar-refractivity contribution in [3.05, 3.63) is 82.4 Å². The summed E-state index contributed by atoms with van der Waals surface area (Å²) in [5, 5.41) is 12.4. The van der Waals surface area contributed by atoms with Crippen molar-refractivity contribution in [1.29, 1.82) is 0 Å². The Kier molecular flexibility index (Phi) is 7.32. The monoisotopic (exact) mass is 590 g/mol. The summed E-state index contributed by atoms with van der Waals surface area (Å²) in [4.78, 5) is 33.3. The molecule has 1 saturated heterocycles. The zero-order valence-corrected chi connectivity index (χ0v) is 24.0. The van der Waals surface area contributed by atoms with Crippen molar-refractivity contribution < 1.29 is 28.9 Å². The quantitative estimate of drug-likeness (QED) is 0.144. The minimum Gasteiger partial charge on any atom is -0.507 e. The van der Waals surface area contributed by atoms with Crippen LogP contribution in [0, 0.1) is 5.92 Å². The van der Waals surface area contributed by atoms with Crippen molar-refractivity contribution in [1.82, 2.24) is 4.98 Å². The predicted molar refractivity (Wildman–Crippen MR) is 158 cm³/mol. The highest BCUT2D eigenvalue weighted by atomic mass is 35.5. The first-order valence-electron chi connectivity index (χ1n) is 13.3. The molecule has 1 aromatic heterocycles. The van der Waals surface area contributed by atoms with Crippen molar-refractivity contribution >= 4 is 55.7 Å². The summed E-state index contributed by atoms with van der Waals surface area (Å²) in [5.74, 6) is 0.158. The lowest BCUT2D eigenvalue weighted by Crippen LogP contribution is -2.29. The highest BCUT2D eigenvalue weighted by molar-refractivity contribution is 7.22. The summed E-state index contributed by atoms with van der Waals surface area (Å²) in [6, 6.07) is 16.5. The highest BCUT2D eigenvalue weighted by Gasteiger charge is 2.48. The number of hydrogen-bond acceptors (Lipinski definition) is 8. The fraction of sp³-hybridized carbons (Fsp3) is 0.258. The number of carbonyl (C=O) groups excluding carboxylic acids is 2. The topological polar surface area (TPSA) is 98.2 Å². The van der Waals surface area contributed by atoms with Crippen LogP contribution in [-0.4, -0.2) is 41.6 Å². The fourth-order valence-corrected chi connectivity index (χ4v) is 6.14. The summed E-state index contributed by atoms with van der Waals surface area (Å²) in [5.41, 5.74) is 1.52. The predicted octanol–water partition coefficient (Wildman–Crippen LogP) is 6.77. The molecular weight excluding hydrogens is 564 g/mol. The SMILES string of the molecule is CC(C)CCOc1cccc([C@H]2/C(=C(\O)c3ccc4c(c3)OCCO4)C(=O)C(=O)N2c2nc3ccc(Cl)cc3s2)c1. The van der Waals surface area contributed by atoms with Crippen LogP contribution in [0.25, 0.3) is 16.0 Å². The number of anilines is 1. The van der Waals surface area contributed by atoms with Gasteiger partial charge < -0.3 is 19.3 Å². The van der Waals surface area contributed by atoms with Crippen LogP contribution in [0.2, 0.25) is 5.02 Å². The summed E-state index contributed by atoms with van der Waals surface area (Å²) in [7, 11) is 0. The molecule has 41 heavy (non-hydrogen) atoms. The second-order valence-corrected chi connectivity index (χ2v) is 11.7. The van der Waals surface area contributed by atoms with Crippen LogP contribution in [0.5, 0.6) is 17.2 Å². The number of rotatable bonds is 7. The zero-order chi connectivity index (χ0) is 28.7. The molecular formula is C31H27ClN2O6S. The summed E-state index contributed by atoms with van der Waals surface area (Å²) >= 11 is 7.44. The number of aliphatic hydroxyl groups is 1. The standard InChI is InChI=1S/C31H27ClN2O6S/c1-17(2)10-11-38-21-5-3-4-18(14-21)27-26(28(35)19-6-9-23-24(15-19)40-13-12-39-23)29(36)30(37)34(27)31-33-22-8-7-20(32)16-25(22)41-31/h3-9,14-17,27,35H,10-13H2,1-2H3/b28-26+/t27-/m0/s1. The molecule has 1 fully saturated rings. The number of thiazole rings is 1. The van der Waals surface area contributed by atoms with E-state index in [0.717, 1.165) is 11.1 Å². The molecule has 6 rings (SSSR count). The number of carbonyl (C=O) groups is 2. The Morgan fingerprint density at radius 3 is 2.71 bits per heavy atom. The lowest BCUT2D eigenvalue weighted by molar-refractivity contribution is -0.132. The number of halogens is 1. The van der Waals surface area contributed by atoms with E-state index in [4.69, 9.17) is 25.8 Å². The normalized spacial score (nSPS) is 18.0. The molecule has 3 heterocycles. The molecule has 210 valence electrons. The maximum Gasteiger partial charge on any atom is 0.301 e. The Bertz CT molecular complexity index is 1700. The molecule has 0 unspecified atom stereocenters. The average Bonchev–Trinajstić information content (AvgIpc) is 3.49. The van der Waals surface area contributed by atoms with Crippen LogP contribution in [0.3, 0.4) is 0 Å². The number of benzene rings is 3. The molecule has 0 spiro atoms. The van der Waals surface area contributed by atoms with E-state index < -0.39 is 17.7 Å². The second kappa shape index (κ2) is 11.1. The number of Topliss-reactive ketones (excluding diaryl/α,β-unsaturated/α-hetero) is 1. The minimum atomic E-state index is -0.951. The highest BCUT2D eigenvalue weighted by Crippen LogP contribution is 2.45. The van der Waals surface area contributed by atoms with Gasteiger partial charge in [-0.2, -0.15) is 0 Å². The number of ether oxygens (including phenoxy) is 3. The number of hydrogen-bond donors (Lipinski definition) is 1. The lowest BCUT2D eigenvalue weighted by Gasteiger charge is -2.24. The Morgan fingerprint density at radius 2 is 1.90 bits per heavy atom. The molecule has 0 bridgehead atoms. The largest absolute Gasteiger partial charge is 0.507 e. The molecule has 8 nitrogen and oxygen atoms in total. The number of fused-ring (bicyclic) bond motifs is 2. The first-order chi connectivity index (χ1) is 19.8. The van der Waals surface area contributed by atoms with Crippen molar-refractivity contribution in [3.63, 3.8) is 0 Å². The van der Waals surface area contributed by atoms with Gasteiger partial charge in [0.1, 0.15) is 24.7 Å². The Morgan fingerprint density at radius 1 is 1.10 bits per heavy atom. The van der Waals surface area contributed by atoms with Gasteiger partial charge in [-0.1, -0.05) is 48.9 Å². The van der Waals surface area contributed by atoms with E-state index in [1.54, 1.807) is 48.5 Å². The smallest absolute Gasteiger partial charge is 0.301 e. The van der Waals surface area contributed by atoms with Gasteiger partial charge in [-0.15, -0.1) is 0 Å². The third-order valence-electron chi connectivity index (χ3n) is 6.94. The van der Waals surface area contributed by atoms with Gasteiger partial charge in [0.15, 0.2) is 16.6 Å². The number of nitrogens with zero attached hydrogens (tertiary/aromatic N) is 2. The van der Waals surface area contributed by atoms with Gasteiger partial charge in [-0.3, -0.25) is 14.5 Å². The number of amides is 1. The average molecular weight is 591 g/mol. The van der Waals surface area contributed by atoms with E-state index in [0.29, 0.717) is 69.8 Å². The molecule has 0 saturated carbocycles. The summed E-state index contributed by atoms with van der Waals surface area (Å²) in [6.45, 7) is 5.56. The Labute approximate surface area is 245 Å². The molecule has 0 aliphatic carbocycles. The molecule has 10 heteroatoms. The van der Waals surface area contributed by atoms with Gasteiger partial charge >= 0.3 is 5.91 Å². The van der Waals surface area contributed by atoms with Gasteiger partial charge in [-0.25, -0.2) is 4.98 Å². The molecule has 4 aromatic rings. The van der Waals surface area contributed by atoms with Gasteiger partial charge in [0.25, 0.3) is 5.78 Å². The van der Waals surface area contributed by atoms with E-state index in [1.807, 2.05) is 12.1 Å². The lowest BCUT2D eigenvalue weighted by atomic mass is 9.95. The van der Waals surface area contributed by atoms with E-state index in [1.165, 1.54) is 16.2 Å². The molecule has 1 atom stereocenters. The summed E-state index contributed by atoms with van der Waals surface area (Å²) < 4.78 is 18.0. The van der Waals surface area contributed by atoms with E-state index in [-0.39, 0.29) is 11.3 Å². The molecule has 3 aromatic carbocycles. The van der Waals surface area contributed by atoms with Gasteiger partial charge in [0, 0.05) is 10.6 Å². The zero-order valence-electron chi connectivity index (χ0n) is 22.4. The van der Waals surface area contributed by atoms with E-state index in [2.05, 4.69) is 18.8 Å². The Balaban J connectivity index is 1.48.